The molecule has 0 N–H and O–H groups in total. The second-order valence-electron chi connectivity index (χ2n) is 14.8. The van der Waals surface area contributed by atoms with Gasteiger partial charge in [0.15, 0.2) is 23.2 Å². The highest BCUT2D eigenvalue weighted by molar-refractivity contribution is 6.11. The zero-order valence-corrected chi connectivity index (χ0v) is 31.4. The first-order valence-corrected chi connectivity index (χ1v) is 18.8. The lowest BCUT2D eigenvalue weighted by molar-refractivity contribution is 0.417. The van der Waals surface area contributed by atoms with E-state index in [1.165, 1.54) is 16.7 Å². The molecule has 2 aromatic heterocycles. The average Bonchev–Trinajstić information content (AvgIpc) is 3.70. The lowest BCUT2D eigenvalue weighted by atomic mass is 9.82. The summed E-state index contributed by atoms with van der Waals surface area (Å²) in [7, 11) is 1.71. The predicted molar refractivity (Wildman–Crippen MR) is 229 cm³/mol. The molecule has 6 nitrogen and oxygen atoms in total. The highest BCUT2D eigenvalue weighted by atomic mass is 16.5. The maximum Gasteiger partial charge on any atom is 0.164 e. The Morgan fingerprint density at radius 1 is 0.536 bits per heavy atom. The SMILES string of the molecule is C=Nc1ccc2c(c1OC)-c1ccc(-n3c4ccc(-c5ccccc5)cc4c4cc(-c5nc(-c6ccccc6)nc(-c6ccccc6)n5)ccc43)cc1C2(C)C. The van der Waals surface area contributed by atoms with Gasteiger partial charge in [-0.3, -0.25) is 4.99 Å². The minimum atomic E-state index is -0.258. The molecule has 0 aliphatic heterocycles. The smallest absolute Gasteiger partial charge is 0.164 e. The Bertz CT molecular complexity index is 2930. The number of hydrogen-bond donors (Lipinski definition) is 0. The van der Waals surface area contributed by atoms with Crippen LogP contribution >= 0.6 is 0 Å². The van der Waals surface area contributed by atoms with Crippen LogP contribution in [0.25, 0.3) is 83.9 Å². The van der Waals surface area contributed by atoms with Crippen LogP contribution in [0.2, 0.25) is 0 Å². The fraction of sp³-hybridized carbons (Fsp3) is 0.0800. The third kappa shape index (κ3) is 5.25. The summed E-state index contributed by atoms with van der Waals surface area (Å²) in [6, 6.07) is 55.1. The number of aromatic nitrogens is 4. The maximum atomic E-state index is 5.95. The number of hydrogen-bond acceptors (Lipinski definition) is 5. The highest BCUT2D eigenvalue weighted by Gasteiger charge is 2.38. The first kappa shape index (κ1) is 33.4. The van der Waals surface area contributed by atoms with Gasteiger partial charge in [-0.25, -0.2) is 15.0 Å². The fourth-order valence-electron chi connectivity index (χ4n) is 8.43. The molecule has 1 aliphatic rings. The molecule has 0 spiro atoms. The van der Waals surface area contributed by atoms with Gasteiger partial charge in [0.05, 0.1) is 18.1 Å². The molecule has 0 atom stereocenters. The summed E-state index contributed by atoms with van der Waals surface area (Å²) in [5.74, 6) is 2.66. The number of fused-ring (bicyclic) bond motifs is 6. The Kier molecular flexibility index (Phi) is 7.75. The Balaban J connectivity index is 1.20. The minimum Gasteiger partial charge on any atom is -0.494 e. The van der Waals surface area contributed by atoms with Crippen LogP contribution < -0.4 is 4.74 Å². The van der Waals surface area contributed by atoms with Gasteiger partial charge in [-0.1, -0.05) is 123 Å². The molecule has 9 aromatic rings. The van der Waals surface area contributed by atoms with Gasteiger partial charge < -0.3 is 9.30 Å². The molecule has 0 saturated heterocycles. The van der Waals surface area contributed by atoms with Gasteiger partial charge in [-0.2, -0.15) is 0 Å². The number of benzene rings is 7. The largest absolute Gasteiger partial charge is 0.494 e. The molecule has 10 rings (SSSR count). The molecule has 0 saturated carbocycles. The summed E-state index contributed by atoms with van der Waals surface area (Å²) < 4.78 is 8.34. The first-order valence-electron chi connectivity index (χ1n) is 18.8. The van der Waals surface area contributed by atoms with Crippen LogP contribution in [0.3, 0.4) is 0 Å². The second kappa shape index (κ2) is 13.0. The van der Waals surface area contributed by atoms with Crippen LogP contribution in [-0.2, 0) is 5.41 Å². The van der Waals surface area contributed by atoms with E-state index in [9.17, 15) is 0 Å². The Morgan fingerprint density at radius 2 is 1.07 bits per heavy atom. The summed E-state index contributed by atoms with van der Waals surface area (Å²) in [5, 5.41) is 2.26. The van der Waals surface area contributed by atoms with Gasteiger partial charge in [0.2, 0.25) is 0 Å². The molecule has 0 radical (unpaired) electrons. The van der Waals surface area contributed by atoms with E-state index in [0.717, 1.165) is 72.3 Å². The predicted octanol–water partition coefficient (Wildman–Crippen LogP) is 12.3. The second-order valence-corrected chi connectivity index (χ2v) is 14.8. The number of aliphatic imine (C=N–C) groups is 1. The van der Waals surface area contributed by atoms with Crippen molar-refractivity contribution in [1.82, 2.24) is 19.5 Å². The maximum absolute atomic E-state index is 5.95. The van der Waals surface area contributed by atoms with Crippen molar-refractivity contribution >= 4 is 34.2 Å². The van der Waals surface area contributed by atoms with E-state index in [1.54, 1.807) is 7.11 Å². The van der Waals surface area contributed by atoms with E-state index in [4.69, 9.17) is 19.7 Å². The molecule has 268 valence electrons. The zero-order valence-electron chi connectivity index (χ0n) is 31.4. The monoisotopic (exact) mass is 723 g/mol. The Morgan fingerprint density at radius 3 is 1.64 bits per heavy atom. The quantitative estimate of drug-likeness (QED) is 0.154. The molecular weight excluding hydrogens is 687 g/mol. The molecule has 6 heteroatoms. The van der Waals surface area contributed by atoms with Crippen LogP contribution in [0.1, 0.15) is 25.0 Å². The van der Waals surface area contributed by atoms with Crippen molar-refractivity contribution in [1.29, 1.82) is 0 Å². The third-order valence-corrected chi connectivity index (χ3v) is 11.2. The van der Waals surface area contributed by atoms with Crippen molar-refractivity contribution in [3.63, 3.8) is 0 Å². The van der Waals surface area contributed by atoms with Crippen molar-refractivity contribution in [2.75, 3.05) is 7.11 Å². The Hall–Kier alpha value is -7.18. The van der Waals surface area contributed by atoms with Gasteiger partial charge >= 0.3 is 0 Å². The first-order chi connectivity index (χ1) is 27.4. The lowest BCUT2D eigenvalue weighted by Crippen LogP contribution is -2.15. The molecule has 1 aliphatic carbocycles. The van der Waals surface area contributed by atoms with E-state index >= 15 is 0 Å². The van der Waals surface area contributed by atoms with Crippen molar-refractivity contribution < 1.29 is 4.74 Å². The third-order valence-electron chi connectivity index (χ3n) is 11.2. The Labute approximate surface area is 325 Å². The zero-order chi connectivity index (χ0) is 38.0. The van der Waals surface area contributed by atoms with E-state index in [2.05, 4.69) is 121 Å². The summed E-state index contributed by atoms with van der Waals surface area (Å²) in [5.41, 5.74) is 13.6. The normalized spacial score (nSPS) is 12.8. The van der Waals surface area contributed by atoms with Crippen LogP contribution in [0.5, 0.6) is 5.75 Å². The standard InChI is InChI=1S/C50H37N5O/c1-50(2)40-24-25-42(51-3)46(56-4)45(40)37-23-22-36(30-41(37)50)55-43-26-20-34(31-14-8-5-9-15-31)28-38(43)39-29-35(21-27-44(39)55)49-53-47(32-16-10-6-11-17-32)52-48(54-49)33-18-12-7-13-19-33/h5-30H,3H2,1-2,4H3. The van der Waals surface area contributed by atoms with Gasteiger partial charge in [0.1, 0.15) is 5.69 Å². The van der Waals surface area contributed by atoms with Gasteiger partial charge in [-0.15, -0.1) is 0 Å². The van der Waals surface area contributed by atoms with Crippen LogP contribution in [0, 0.1) is 0 Å². The fourth-order valence-corrected chi connectivity index (χ4v) is 8.43. The van der Waals surface area contributed by atoms with Crippen molar-refractivity contribution in [3.8, 4) is 67.9 Å². The molecule has 0 unspecified atom stereocenters. The summed E-state index contributed by atoms with van der Waals surface area (Å²) in [4.78, 5) is 19.3. The lowest BCUT2D eigenvalue weighted by Gasteiger charge is -2.22. The van der Waals surface area contributed by atoms with E-state index in [1.807, 2.05) is 66.7 Å². The van der Waals surface area contributed by atoms with Gasteiger partial charge in [0, 0.05) is 44.1 Å². The van der Waals surface area contributed by atoms with Crippen molar-refractivity contribution in [2.24, 2.45) is 4.99 Å². The molecule has 7 aromatic carbocycles. The summed E-state index contributed by atoms with van der Waals surface area (Å²) >= 11 is 0. The number of rotatable bonds is 7. The molecule has 2 heterocycles. The van der Waals surface area contributed by atoms with Crippen LogP contribution in [-0.4, -0.2) is 33.3 Å². The minimum absolute atomic E-state index is 0.258. The summed E-state index contributed by atoms with van der Waals surface area (Å²) in [6.07, 6.45) is 0. The summed E-state index contributed by atoms with van der Waals surface area (Å²) in [6.45, 7) is 8.38. The van der Waals surface area contributed by atoms with Gasteiger partial charge in [-0.05, 0) is 83.1 Å². The van der Waals surface area contributed by atoms with Crippen LogP contribution in [0.4, 0.5) is 5.69 Å². The molecular formula is C50H37N5O. The van der Waals surface area contributed by atoms with Crippen LogP contribution in [0.15, 0.2) is 163 Å². The molecule has 0 amide bonds. The molecule has 0 fully saturated rings. The number of nitrogens with zero attached hydrogens (tertiary/aromatic N) is 5. The van der Waals surface area contributed by atoms with Gasteiger partial charge in [0.25, 0.3) is 0 Å². The highest BCUT2D eigenvalue weighted by Crippen LogP contribution is 2.55. The number of methoxy groups -OCH3 is 1. The van der Waals surface area contributed by atoms with Crippen molar-refractivity contribution in [2.45, 2.75) is 19.3 Å². The number of ether oxygens (including phenoxy) is 1. The average molecular weight is 724 g/mol. The van der Waals surface area contributed by atoms with E-state index < -0.39 is 0 Å². The molecule has 0 bridgehead atoms. The van der Waals surface area contributed by atoms with E-state index in [-0.39, 0.29) is 5.41 Å². The van der Waals surface area contributed by atoms with Crippen molar-refractivity contribution in [3.05, 3.63) is 169 Å². The molecule has 56 heavy (non-hydrogen) atoms. The van der Waals surface area contributed by atoms with E-state index in [0.29, 0.717) is 17.5 Å². The topological polar surface area (TPSA) is 65.2 Å².